The number of aryl methyl sites for hydroxylation is 1. The van der Waals surface area contributed by atoms with E-state index in [1.807, 2.05) is 32.0 Å². The Balaban J connectivity index is 1.79. The van der Waals surface area contributed by atoms with Crippen LogP contribution < -0.4 is 5.32 Å². The van der Waals surface area contributed by atoms with Crippen molar-refractivity contribution in [2.45, 2.75) is 46.1 Å². The van der Waals surface area contributed by atoms with Crippen LogP contribution in [0.25, 0.3) is 0 Å². The Bertz CT molecular complexity index is 804. The van der Waals surface area contributed by atoms with Gasteiger partial charge in [-0.3, -0.25) is 14.5 Å². The minimum absolute atomic E-state index is 0.00104. The highest BCUT2D eigenvalue weighted by atomic mass is 16.2. The number of ketones is 1. The normalized spacial score (nSPS) is 15.7. The van der Waals surface area contributed by atoms with Crippen molar-refractivity contribution in [2.24, 2.45) is 0 Å². The molecule has 1 aromatic carbocycles. The average molecular weight is 367 g/mol. The van der Waals surface area contributed by atoms with E-state index < -0.39 is 0 Å². The Kier molecular flexibility index (Phi) is 6.11. The number of amides is 1. The molecule has 1 unspecified atom stereocenters. The first-order valence-corrected chi connectivity index (χ1v) is 9.82. The molecule has 27 heavy (non-hydrogen) atoms. The molecule has 1 atom stereocenters. The summed E-state index contributed by atoms with van der Waals surface area (Å²) in [5, 5.41) is 3.11. The van der Waals surface area contributed by atoms with Crippen LogP contribution in [0.4, 0.5) is 0 Å². The molecule has 0 spiro atoms. The van der Waals surface area contributed by atoms with Crippen LogP contribution in [0.2, 0.25) is 0 Å². The van der Waals surface area contributed by atoms with E-state index in [1.165, 1.54) is 18.4 Å². The van der Waals surface area contributed by atoms with Gasteiger partial charge < -0.3 is 10.3 Å². The van der Waals surface area contributed by atoms with Gasteiger partial charge in [0.15, 0.2) is 5.78 Å². The van der Waals surface area contributed by atoms with Gasteiger partial charge >= 0.3 is 0 Å². The molecule has 144 valence electrons. The lowest BCUT2D eigenvalue weighted by molar-refractivity contribution is 0.0932. The van der Waals surface area contributed by atoms with Gasteiger partial charge in [-0.05, 0) is 57.3 Å². The maximum Gasteiger partial charge on any atom is 0.268 e. The molecule has 1 saturated heterocycles. The number of nitrogens with zero attached hydrogens (tertiary/aromatic N) is 1. The number of hydrogen-bond acceptors (Lipinski definition) is 3. The zero-order valence-electron chi connectivity index (χ0n) is 16.5. The Morgan fingerprint density at radius 3 is 2.44 bits per heavy atom. The van der Waals surface area contributed by atoms with Crippen LogP contribution in [0.3, 0.4) is 0 Å². The quantitative estimate of drug-likeness (QED) is 0.734. The lowest BCUT2D eigenvalue weighted by atomic mass is 10.0. The zero-order valence-corrected chi connectivity index (χ0v) is 16.5. The number of aromatic nitrogens is 1. The van der Waals surface area contributed by atoms with Gasteiger partial charge in [0.05, 0.1) is 6.04 Å². The summed E-state index contributed by atoms with van der Waals surface area (Å²) >= 11 is 0. The number of rotatable bonds is 7. The van der Waals surface area contributed by atoms with E-state index in [9.17, 15) is 9.59 Å². The molecular formula is C22H29N3O2. The summed E-state index contributed by atoms with van der Waals surface area (Å²) in [6, 6.07) is 10.5. The summed E-state index contributed by atoms with van der Waals surface area (Å²) in [5.41, 5.74) is 3.98. The third-order valence-corrected chi connectivity index (χ3v) is 5.45. The molecule has 2 heterocycles. The van der Waals surface area contributed by atoms with Gasteiger partial charge in [0.1, 0.15) is 5.69 Å². The molecule has 5 nitrogen and oxygen atoms in total. The molecule has 2 aromatic rings. The molecule has 1 fully saturated rings. The number of benzene rings is 1. The van der Waals surface area contributed by atoms with Crippen LogP contribution in [0.15, 0.2) is 30.3 Å². The number of nitrogens with one attached hydrogen (secondary N) is 2. The van der Waals surface area contributed by atoms with Gasteiger partial charge in [-0.25, -0.2) is 0 Å². The van der Waals surface area contributed by atoms with Crippen LogP contribution in [0, 0.1) is 6.92 Å². The monoisotopic (exact) mass is 367 g/mol. The summed E-state index contributed by atoms with van der Waals surface area (Å²) in [5.74, 6) is -0.138. The molecular weight excluding hydrogens is 338 g/mol. The van der Waals surface area contributed by atoms with Crippen molar-refractivity contribution < 1.29 is 9.59 Å². The minimum atomic E-state index is -0.137. The SMILES string of the molecule is CCc1c(C(=O)NCC(c2ccccc2)N2CCCC2)[nH]c(C)c1C(C)=O. The van der Waals surface area contributed by atoms with E-state index in [0.717, 1.165) is 24.3 Å². The van der Waals surface area contributed by atoms with E-state index in [-0.39, 0.29) is 17.7 Å². The molecule has 1 aliphatic heterocycles. The van der Waals surface area contributed by atoms with Crippen LogP contribution >= 0.6 is 0 Å². The number of carbonyl (C=O) groups is 2. The number of Topliss-reactive ketones (excluding diaryl/α,β-unsaturated/α-hetero) is 1. The maximum atomic E-state index is 12.9. The van der Waals surface area contributed by atoms with E-state index in [0.29, 0.717) is 24.2 Å². The van der Waals surface area contributed by atoms with E-state index in [2.05, 4.69) is 27.3 Å². The van der Waals surface area contributed by atoms with Crippen molar-refractivity contribution in [2.75, 3.05) is 19.6 Å². The summed E-state index contributed by atoms with van der Waals surface area (Å²) in [6.07, 6.45) is 3.06. The largest absolute Gasteiger partial charge is 0.354 e. The third-order valence-electron chi connectivity index (χ3n) is 5.45. The first-order chi connectivity index (χ1) is 13.0. The maximum absolute atomic E-state index is 12.9. The Labute approximate surface area is 161 Å². The van der Waals surface area contributed by atoms with Crippen LogP contribution in [0.5, 0.6) is 0 Å². The molecule has 0 bridgehead atoms. The average Bonchev–Trinajstić information content (AvgIpc) is 3.30. The van der Waals surface area contributed by atoms with E-state index in [1.54, 1.807) is 6.92 Å². The molecule has 1 aromatic heterocycles. The molecule has 1 aliphatic rings. The number of hydrogen-bond donors (Lipinski definition) is 2. The fourth-order valence-electron chi connectivity index (χ4n) is 4.16. The number of likely N-dealkylation sites (tertiary alicyclic amines) is 1. The lowest BCUT2D eigenvalue weighted by Crippen LogP contribution is -2.37. The lowest BCUT2D eigenvalue weighted by Gasteiger charge is -2.28. The number of aromatic amines is 1. The number of H-pyrrole nitrogens is 1. The molecule has 2 N–H and O–H groups in total. The predicted octanol–water partition coefficient (Wildman–Crippen LogP) is 3.66. The van der Waals surface area contributed by atoms with Crippen LogP contribution in [-0.4, -0.2) is 41.2 Å². The summed E-state index contributed by atoms with van der Waals surface area (Å²) in [7, 11) is 0. The third kappa shape index (κ3) is 4.14. The van der Waals surface area contributed by atoms with Crippen molar-refractivity contribution in [3.8, 4) is 0 Å². The topological polar surface area (TPSA) is 65.2 Å². The Hall–Kier alpha value is -2.40. The van der Waals surface area contributed by atoms with Crippen LogP contribution in [-0.2, 0) is 6.42 Å². The van der Waals surface area contributed by atoms with Gasteiger partial charge in [0.2, 0.25) is 0 Å². The van der Waals surface area contributed by atoms with Gasteiger partial charge in [-0.15, -0.1) is 0 Å². The van der Waals surface area contributed by atoms with Gasteiger partial charge in [-0.2, -0.15) is 0 Å². The smallest absolute Gasteiger partial charge is 0.268 e. The van der Waals surface area contributed by atoms with Gasteiger partial charge in [0.25, 0.3) is 5.91 Å². The molecule has 1 amide bonds. The van der Waals surface area contributed by atoms with E-state index >= 15 is 0 Å². The summed E-state index contributed by atoms with van der Waals surface area (Å²) in [4.78, 5) is 30.4. The second-order valence-corrected chi connectivity index (χ2v) is 7.27. The second-order valence-electron chi connectivity index (χ2n) is 7.27. The first kappa shape index (κ1) is 19.4. The zero-order chi connectivity index (χ0) is 19.4. The molecule has 0 aliphatic carbocycles. The first-order valence-electron chi connectivity index (χ1n) is 9.82. The van der Waals surface area contributed by atoms with Crippen molar-refractivity contribution in [3.05, 3.63) is 58.4 Å². The Morgan fingerprint density at radius 2 is 1.85 bits per heavy atom. The summed E-state index contributed by atoms with van der Waals surface area (Å²) < 4.78 is 0. The highest BCUT2D eigenvalue weighted by Crippen LogP contribution is 2.25. The van der Waals surface area contributed by atoms with Gasteiger partial charge in [0, 0.05) is 17.8 Å². The highest BCUT2D eigenvalue weighted by Gasteiger charge is 2.26. The van der Waals surface area contributed by atoms with Crippen molar-refractivity contribution in [3.63, 3.8) is 0 Å². The fourth-order valence-corrected chi connectivity index (χ4v) is 4.16. The number of carbonyl (C=O) groups excluding carboxylic acids is 2. The highest BCUT2D eigenvalue weighted by molar-refractivity contribution is 6.02. The molecule has 3 rings (SSSR count). The second kappa shape index (κ2) is 8.53. The van der Waals surface area contributed by atoms with E-state index in [4.69, 9.17) is 0 Å². The van der Waals surface area contributed by atoms with Crippen molar-refractivity contribution in [1.29, 1.82) is 0 Å². The minimum Gasteiger partial charge on any atom is -0.354 e. The molecule has 5 heteroatoms. The van der Waals surface area contributed by atoms with Crippen molar-refractivity contribution >= 4 is 11.7 Å². The predicted molar refractivity (Wildman–Crippen MR) is 107 cm³/mol. The van der Waals surface area contributed by atoms with Crippen LogP contribution in [0.1, 0.15) is 70.4 Å². The molecule has 0 saturated carbocycles. The van der Waals surface area contributed by atoms with Gasteiger partial charge in [-0.1, -0.05) is 37.3 Å². The fraction of sp³-hybridized carbons (Fsp3) is 0.455. The Morgan fingerprint density at radius 1 is 1.19 bits per heavy atom. The standard InChI is InChI=1S/C22H29N3O2/c1-4-18-20(16(3)26)15(2)24-21(18)22(27)23-14-19(25-12-8-9-13-25)17-10-6-5-7-11-17/h5-7,10-11,19,24H,4,8-9,12-14H2,1-3H3,(H,23,27). The summed E-state index contributed by atoms with van der Waals surface area (Å²) in [6.45, 7) is 8.05. The molecule has 0 radical (unpaired) electrons. The van der Waals surface area contributed by atoms with Crippen molar-refractivity contribution in [1.82, 2.24) is 15.2 Å².